The first-order valence-corrected chi connectivity index (χ1v) is 8.39. The summed E-state index contributed by atoms with van der Waals surface area (Å²) < 4.78 is 58.2. The second kappa shape index (κ2) is 7.06. The highest BCUT2D eigenvalue weighted by Gasteiger charge is 2.25. The molecule has 2 rings (SSSR count). The van der Waals surface area contributed by atoms with E-state index in [0.29, 0.717) is 0 Å². The van der Waals surface area contributed by atoms with Crippen molar-refractivity contribution in [3.05, 3.63) is 65.2 Å². The van der Waals surface area contributed by atoms with Gasteiger partial charge in [0, 0.05) is 6.04 Å². The van der Waals surface area contributed by atoms with Gasteiger partial charge in [0.25, 0.3) is 0 Å². The third-order valence-electron chi connectivity index (χ3n) is 3.36. The third kappa shape index (κ3) is 3.77. The van der Waals surface area contributed by atoms with Crippen LogP contribution in [0.15, 0.2) is 47.4 Å². The molecule has 2 aromatic carbocycles. The van der Waals surface area contributed by atoms with Gasteiger partial charge in [0.15, 0.2) is 11.6 Å². The minimum Gasteiger partial charge on any atom is -0.465 e. The van der Waals surface area contributed by atoms with E-state index in [1.807, 2.05) is 0 Å². The second-order valence-electron chi connectivity index (χ2n) is 5.00. The van der Waals surface area contributed by atoms with Gasteiger partial charge in [0.05, 0.1) is 17.6 Å². The Morgan fingerprint density at radius 2 is 1.79 bits per heavy atom. The van der Waals surface area contributed by atoms with Crippen LogP contribution in [-0.2, 0) is 14.8 Å². The maximum atomic E-state index is 13.3. The highest BCUT2D eigenvalue weighted by Crippen LogP contribution is 2.21. The Morgan fingerprint density at radius 1 is 1.12 bits per heavy atom. The van der Waals surface area contributed by atoms with Crippen molar-refractivity contribution in [2.24, 2.45) is 0 Å². The molecule has 1 atom stereocenters. The molecule has 0 fully saturated rings. The minimum atomic E-state index is -4.08. The molecule has 1 unspecified atom stereocenters. The van der Waals surface area contributed by atoms with Gasteiger partial charge < -0.3 is 4.74 Å². The van der Waals surface area contributed by atoms with Crippen LogP contribution >= 0.6 is 0 Å². The van der Waals surface area contributed by atoms with Crippen LogP contribution in [-0.4, -0.2) is 21.5 Å². The molecule has 0 amide bonds. The predicted octanol–water partition coefficient (Wildman–Crippen LogP) is 2.79. The molecule has 1 N–H and O–H groups in total. The van der Waals surface area contributed by atoms with Crippen molar-refractivity contribution in [2.75, 3.05) is 7.11 Å². The van der Waals surface area contributed by atoms with Crippen LogP contribution in [0.4, 0.5) is 8.78 Å². The molecule has 5 nitrogen and oxygen atoms in total. The quantitative estimate of drug-likeness (QED) is 0.837. The van der Waals surface area contributed by atoms with Crippen molar-refractivity contribution in [3.8, 4) is 0 Å². The molecule has 0 aliphatic heterocycles. The topological polar surface area (TPSA) is 72.5 Å². The average molecular weight is 355 g/mol. The Morgan fingerprint density at radius 3 is 2.42 bits per heavy atom. The Balaban J connectivity index is 2.35. The number of carbonyl (C=O) groups is 1. The first-order chi connectivity index (χ1) is 11.3. The van der Waals surface area contributed by atoms with Crippen LogP contribution in [0.25, 0.3) is 0 Å². The normalized spacial score (nSPS) is 12.7. The Kier molecular flexibility index (Phi) is 5.30. The zero-order chi connectivity index (χ0) is 17.9. The summed E-state index contributed by atoms with van der Waals surface area (Å²) in [7, 11) is -2.94. The number of ether oxygens (including phenoxy) is 1. The lowest BCUT2D eigenvalue weighted by atomic mass is 10.1. The third-order valence-corrected chi connectivity index (χ3v) is 4.96. The van der Waals surface area contributed by atoms with E-state index in [1.54, 1.807) is 0 Å². The van der Waals surface area contributed by atoms with E-state index in [-0.39, 0.29) is 16.0 Å². The number of rotatable bonds is 5. The van der Waals surface area contributed by atoms with Gasteiger partial charge in [-0.3, -0.25) is 0 Å². The van der Waals surface area contributed by atoms with Gasteiger partial charge in [-0.1, -0.05) is 18.2 Å². The Bertz CT molecular complexity index is 868. The summed E-state index contributed by atoms with van der Waals surface area (Å²) in [5, 5.41) is 0. The van der Waals surface area contributed by atoms with E-state index >= 15 is 0 Å². The number of esters is 1. The molecule has 128 valence electrons. The standard InChI is InChI=1S/C16H15F2NO4S/c1-10(11-7-8-13(17)14(18)9-11)19-24(21,22)15-6-4-3-5-12(15)16(20)23-2/h3-10,19H,1-2H3. The molecular formula is C16H15F2NO4S. The summed E-state index contributed by atoms with van der Waals surface area (Å²) in [5.74, 6) is -2.89. The number of carbonyl (C=O) groups excluding carboxylic acids is 1. The highest BCUT2D eigenvalue weighted by molar-refractivity contribution is 7.89. The van der Waals surface area contributed by atoms with Crippen LogP contribution in [0.2, 0.25) is 0 Å². The predicted molar refractivity (Wildman–Crippen MR) is 82.9 cm³/mol. The first kappa shape index (κ1) is 18.0. The monoisotopic (exact) mass is 355 g/mol. The van der Waals surface area contributed by atoms with Gasteiger partial charge in [0.1, 0.15) is 0 Å². The van der Waals surface area contributed by atoms with E-state index in [9.17, 15) is 22.0 Å². The molecule has 0 bridgehead atoms. The fourth-order valence-electron chi connectivity index (χ4n) is 2.13. The molecule has 0 saturated carbocycles. The molecule has 0 radical (unpaired) electrons. The van der Waals surface area contributed by atoms with Crippen LogP contribution in [0, 0.1) is 11.6 Å². The Hall–Kier alpha value is -2.32. The van der Waals surface area contributed by atoms with Crippen molar-refractivity contribution in [1.82, 2.24) is 4.72 Å². The van der Waals surface area contributed by atoms with Crippen molar-refractivity contribution >= 4 is 16.0 Å². The van der Waals surface area contributed by atoms with Gasteiger partial charge in [-0.2, -0.15) is 0 Å². The minimum absolute atomic E-state index is 0.120. The zero-order valence-corrected chi connectivity index (χ0v) is 13.7. The summed E-state index contributed by atoms with van der Waals surface area (Å²) in [5.41, 5.74) is 0.123. The first-order valence-electron chi connectivity index (χ1n) is 6.91. The van der Waals surface area contributed by atoms with Gasteiger partial charge in [-0.15, -0.1) is 0 Å². The van der Waals surface area contributed by atoms with E-state index in [0.717, 1.165) is 19.2 Å². The van der Waals surface area contributed by atoms with Gasteiger partial charge in [-0.05, 0) is 36.8 Å². The lowest BCUT2D eigenvalue weighted by molar-refractivity contribution is 0.0596. The van der Waals surface area contributed by atoms with E-state index in [4.69, 9.17) is 0 Å². The molecule has 0 aliphatic rings. The van der Waals surface area contributed by atoms with E-state index < -0.39 is 33.7 Å². The lowest BCUT2D eigenvalue weighted by Gasteiger charge is -2.16. The molecule has 0 spiro atoms. The SMILES string of the molecule is COC(=O)c1ccccc1S(=O)(=O)NC(C)c1ccc(F)c(F)c1. The Labute approximate surface area is 138 Å². The molecule has 0 aromatic heterocycles. The number of nitrogens with one attached hydrogen (secondary N) is 1. The van der Waals surface area contributed by atoms with E-state index in [2.05, 4.69) is 9.46 Å². The summed E-state index contributed by atoms with van der Waals surface area (Å²) in [6, 6.07) is 7.81. The molecular weight excluding hydrogens is 340 g/mol. The summed E-state index contributed by atoms with van der Waals surface area (Å²) in [6.07, 6.45) is 0. The number of hydrogen-bond donors (Lipinski definition) is 1. The van der Waals surface area contributed by atoms with Gasteiger partial charge in [0.2, 0.25) is 10.0 Å². The summed E-state index contributed by atoms with van der Waals surface area (Å²) in [4.78, 5) is 11.5. The number of halogens is 2. The number of hydrogen-bond acceptors (Lipinski definition) is 4. The zero-order valence-electron chi connectivity index (χ0n) is 12.9. The molecule has 0 saturated heterocycles. The molecule has 24 heavy (non-hydrogen) atoms. The smallest absolute Gasteiger partial charge is 0.339 e. The molecule has 0 heterocycles. The molecule has 2 aromatic rings. The lowest BCUT2D eigenvalue weighted by Crippen LogP contribution is -2.28. The summed E-state index contributed by atoms with van der Waals surface area (Å²) >= 11 is 0. The van der Waals surface area contributed by atoms with E-state index in [1.165, 1.54) is 37.3 Å². The number of benzene rings is 2. The maximum Gasteiger partial charge on any atom is 0.339 e. The second-order valence-corrected chi connectivity index (χ2v) is 6.69. The fraction of sp³-hybridized carbons (Fsp3) is 0.188. The largest absolute Gasteiger partial charge is 0.465 e. The maximum absolute atomic E-state index is 13.3. The molecule has 8 heteroatoms. The van der Waals surface area contributed by atoms with Crippen LogP contribution in [0.1, 0.15) is 28.9 Å². The van der Waals surface area contributed by atoms with Gasteiger partial charge in [-0.25, -0.2) is 26.7 Å². The highest BCUT2D eigenvalue weighted by atomic mass is 32.2. The van der Waals surface area contributed by atoms with Crippen LogP contribution < -0.4 is 4.72 Å². The number of sulfonamides is 1. The fourth-order valence-corrected chi connectivity index (χ4v) is 3.55. The van der Waals surface area contributed by atoms with Crippen LogP contribution in [0.3, 0.4) is 0 Å². The average Bonchev–Trinajstić information content (AvgIpc) is 2.56. The van der Waals surface area contributed by atoms with Crippen molar-refractivity contribution < 1.29 is 26.7 Å². The van der Waals surface area contributed by atoms with Crippen molar-refractivity contribution in [3.63, 3.8) is 0 Å². The number of methoxy groups -OCH3 is 1. The van der Waals surface area contributed by atoms with Crippen molar-refractivity contribution in [2.45, 2.75) is 17.9 Å². The van der Waals surface area contributed by atoms with Crippen LogP contribution in [0.5, 0.6) is 0 Å². The molecule has 0 aliphatic carbocycles. The van der Waals surface area contributed by atoms with Gasteiger partial charge >= 0.3 is 5.97 Å². The van der Waals surface area contributed by atoms with Crippen molar-refractivity contribution in [1.29, 1.82) is 0 Å². The summed E-state index contributed by atoms with van der Waals surface area (Å²) in [6.45, 7) is 1.48.